The van der Waals surface area contributed by atoms with Gasteiger partial charge in [-0.2, -0.15) is 4.98 Å². The van der Waals surface area contributed by atoms with Crippen LogP contribution in [0.25, 0.3) is 0 Å². The molecule has 204 valence electrons. The minimum absolute atomic E-state index is 0.205. The number of aliphatic hydroxyl groups excluding tert-OH is 2. The van der Waals surface area contributed by atoms with Crippen molar-refractivity contribution in [2.45, 2.75) is 121 Å². The van der Waals surface area contributed by atoms with E-state index in [0.29, 0.717) is 6.42 Å². The molecule has 10 nitrogen and oxygen atoms in total. The van der Waals surface area contributed by atoms with Gasteiger partial charge in [0, 0.05) is 6.42 Å². The molecule has 0 aliphatic carbocycles. The van der Waals surface area contributed by atoms with Crippen LogP contribution in [-0.2, 0) is 14.3 Å². The zero-order valence-corrected chi connectivity index (χ0v) is 21.6. The lowest BCUT2D eigenvalue weighted by molar-refractivity contribution is -0.150. The van der Waals surface area contributed by atoms with Gasteiger partial charge in [0.25, 0.3) is 0 Å². The third kappa shape index (κ3) is 10.8. The maximum Gasteiger partial charge on any atom is 0.354 e. The second-order valence-corrected chi connectivity index (χ2v) is 9.47. The van der Waals surface area contributed by atoms with Crippen LogP contribution in [0.1, 0.15) is 103 Å². The number of rotatable bonds is 18. The largest absolute Gasteiger partial charge is 0.463 e. The molecule has 4 atom stereocenters. The van der Waals surface area contributed by atoms with Crippen molar-refractivity contribution in [3.63, 3.8) is 0 Å². The molecule has 4 N–H and O–H groups in total. The van der Waals surface area contributed by atoms with Crippen molar-refractivity contribution in [1.29, 1.82) is 0 Å². The number of aliphatic hydroxyl groups is 2. The first-order chi connectivity index (χ1) is 17.4. The molecule has 10 heteroatoms. The summed E-state index contributed by atoms with van der Waals surface area (Å²) in [5.74, 6) is -0.598. The Morgan fingerprint density at radius 3 is 2.28 bits per heavy atom. The number of hydrogen-bond acceptors (Lipinski definition) is 9. The van der Waals surface area contributed by atoms with Gasteiger partial charge in [-0.1, -0.05) is 70.4 Å². The number of nitrogens with zero attached hydrogens (tertiary/aromatic N) is 3. The van der Waals surface area contributed by atoms with Gasteiger partial charge in [-0.15, -0.1) is 0 Å². The van der Waals surface area contributed by atoms with Gasteiger partial charge < -0.3 is 25.4 Å². The van der Waals surface area contributed by atoms with Crippen molar-refractivity contribution in [3.05, 3.63) is 29.0 Å². The van der Waals surface area contributed by atoms with Crippen LogP contribution >= 0.6 is 0 Å². The van der Waals surface area contributed by atoms with E-state index in [0.717, 1.165) is 30.2 Å². The van der Waals surface area contributed by atoms with Crippen LogP contribution in [0, 0.1) is 0 Å². The number of esters is 1. The lowest BCUT2D eigenvalue weighted by atomic mass is 10.1. The predicted molar refractivity (Wildman–Crippen MR) is 137 cm³/mol. The Labute approximate surface area is 213 Å². The standard InChI is InChI=1S/C26H44N4O6/c1-2-3-4-5-6-7-8-9-10-11-12-13-14-15-16-17-21(31)35-18-20-22(32)23(33)24(36-20)30-19-28-25(27)29-26(30)34/h12-13,19-20,22-24,32-33H,2-11,14-18H2,1H3,(H2,27,29,34)/b13-12-/t20-,22-,23-,24-/m1/s1. The van der Waals surface area contributed by atoms with Crippen LogP contribution in [0.2, 0.25) is 0 Å². The van der Waals surface area contributed by atoms with Gasteiger partial charge in [0.2, 0.25) is 5.95 Å². The fraction of sp³-hybridized carbons (Fsp3) is 0.769. The first-order valence-electron chi connectivity index (χ1n) is 13.5. The summed E-state index contributed by atoms with van der Waals surface area (Å²) >= 11 is 0. The average molecular weight is 509 g/mol. The van der Waals surface area contributed by atoms with Crippen LogP contribution in [0.15, 0.2) is 23.3 Å². The summed E-state index contributed by atoms with van der Waals surface area (Å²) in [6.07, 6.45) is 16.5. The molecule has 1 aromatic rings. The van der Waals surface area contributed by atoms with Crippen molar-refractivity contribution in [3.8, 4) is 0 Å². The average Bonchev–Trinajstić information content (AvgIpc) is 3.13. The molecule has 36 heavy (non-hydrogen) atoms. The van der Waals surface area contributed by atoms with Crippen LogP contribution < -0.4 is 11.4 Å². The van der Waals surface area contributed by atoms with E-state index in [-0.39, 0.29) is 19.0 Å². The number of unbranched alkanes of at least 4 members (excludes halogenated alkanes) is 11. The fourth-order valence-corrected chi connectivity index (χ4v) is 4.21. The Morgan fingerprint density at radius 1 is 1.03 bits per heavy atom. The second kappa shape index (κ2) is 17.2. The minimum atomic E-state index is -1.40. The molecule has 0 radical (unpaired) electrons. The van der Waals surface area contributed by atoms with E-state index in [9.17, 15) is 19.8 Å². The Hall–Kier alpha value is -2.30. The first kappa shape index (κ1) is 29.9. The van der Waals surface area contributed by atoms with E-state index in [2.05, 4.69) is 29.0 Å². The maximum atomic E-state index is 12.0. The van der Waals surface area contributed by atoms with E-state index in [1.165, 1.54) is 57.8 Å². The molecule has 2 heterocycles. The van der Waals surface area contributed by atoms with Crippen molar-refractivity contribution in [2.24, 2.45) is 0 Å². The van der Waals surface area contributed by atoms with Gasteiger partial charge in [0.05, 0.1) is 0 Å². The fourth-order valence-electron chi connectivity index (χ4n) is 4.21. The van der Waals surface area contributed by atoms with Crippen LogP contribution in [-0.4, -0.2) is 55.6 Å². The Morgan fingerprint density at radius 2 is 1.64 bits per heavy atom. The summed E-state index contributed by atoms with van der Waals surface area (Å²) in [7, 11) is 0. The minimum Gasteiger partial charge on any atom is -0.463 e. The van der Waals surface area contributed by atoms with E-state index < -0.39 is 36.2 Å². The number of hydrogen-bond donors (Lipinski definition) is 3. The molecule has 0 saturated carbocycles. The predicted octanol–water partition coefficient (Wildman–Crippen LogP) is 3.42. The molecule has 1 aliphatic heterocycles. The summed E-state index contributed by atoms with van der Waals surface area (Å²) in [6.45, 7) is 2.02. The molecule has 0 amide bonds. The van der Waals surface area contributed by atoms with Gasteiger partial charge in [-0.25, -0.2) is 9.78 Å². The maximum absolute atomic E-state index is 12.0. The van der Waals surface area contributed by atoms with Gasteiger partial charge in [-0.3, -0.25) is 9.36 Å². The second-order valence-electron chi connectivity index (χ2n) is 9.47. The SMILES string of the molecule is CCCCCCCCCCC/C=C\CCCCC(=O)OC[C@H]1O[C@@H](n2cnc(N)nc2=O)[C@H](O)[C@@H]1O. The number of carbonyl (C=O) groups is 1. The van der Waals surface area contributed by atoms with Gasteiger partial charge >= 0.3 is 11.7 Å². The number of ether oxygens (including phenoxy) is 2. The van der Waals surface area contributed by atoms with Crippen molar-refractivity contribution < 1.29 is 24.5 Å². The highest BCUT2D eigenvalue weighted by Gasteiger charge is 2.44. The van der Waals surface area contributed by atoms with E-state index in [4.69, 9.17) is 15.2 Å². The van der Waals surface area contributed by atoms with Crippen LogP contribution in [0.4, 0.5) is 5.95 Å². The summed E-state index contributed by atoms with van der Waals surface area (Å²) in [6, 6.07) is 0. The summed E-state index contributed by atoms with van der Waals surface area (Å²) in [5.41, 5.74) is 4.60. The molecular weight excluding hydrogens is 464 g/mol. The number of nitrogens with two attached hydrogens (primary N) is 1. The molecule has 2 rings (SSSR count). The Bertz CT molecular complexity index is 846. The molecule has 1 saturated heterocycles. The quantitative estimate of drug-likeness (QED) is 0.154. The zero-order chi connectivity index (χ0) is 26.2. The molecule has 0 unspecified atom stereocenters. The first-order valence-corrected chi connectivity index (χ1v) is 13.5. The van der Waals surface area contributed by atoms with E-state index in [1.54, 1.807) is 0 Å². The summed E-state index contributed by atoms with van der Waals surface area (Å²) in [5, 5.41) is 20.4. The third-order valence-corrected chi connectivity index (χ3v) is 6.41. The van der Waals surface area contributed by atoms with Gasteiger partial charge in [-0.05, 0) is 32.1 Å². The topological polar surface area (TPSA) is 150 Å². The smallest absolute Gasteiger partial charge is 0.354 e. The number of nitrogen functional groups attached to an aromatic ring is 1. The van der Waals surface area contributed by atoms with E-state index >= 15 is 0 Å². The van der Waals surface area contributed by atoms with E-state index in [1.807, 2.05) is 0 Å². The highest BCUT2D eigenvalue weighted by atomic mass is 16.6. The Balaban J connectivity index is 1.51. The highest BCUT2D eigenvalue weighted by Crippen LogP contribution is 2.28. The number of anilines is 1. The molecule has 1 fully saturated rings. The lowest BCUT2D eigenvalue weighted by Gasteiger charge is -2.16. The molecule has 0 spiro atoms. The van der Waals surface area contributed by atoms with Crippen molar-refractivity contribution in [1.82, 2.24) is 14.5 Å². The Kier molecular flexibility index (Phi) is 14.3. The molecule has 0 bridgehead atoms. The van der Waals surface area contributed by atoms with Gasteiger partial charge in [0.1, 0.15) is 31.2 Å². The highest BCUT2D eigenvalue weighted by molar-refractivity contribution is 5.69. The molecule has 0 aromatic carbocycles. The summed E-state index contributed by atoms with van der Waals surface area (Å²) < 4.78 is 11.7. The number of aromatic nitrogens is 3. The molecule has 1 aromatic heterocycles. The monoisotopic (exact) mass is 508 g/mol. The molecule has 1 aliphatic rings. The van der Waals surface area contributed by atoms with Crippen molar-refractivity contribution in [2.75, 3.05) is 12.3 Å². The third-order valence-electron chi connectivity index (χ3n) is 6.41. The lowest BCUT2D eigenvalue weighted by Crippen LogP contribution is -2.36. The van der Waals surface area contributed by atoms with Crippen LogP contribution in [0.3, 0.4) is 0 Å². The number of carbonyl (C=O) groups excluding carboxylic acids is 1. The zero-order valence-electron chi connectivity index (χ0n) is 21.6. The van der Waals surface area contributed by atoms with Crippen LogP contribution in [0.5, 0.6) is 0 Å². The number of allylic oxidation sites excluding steroid dienone is 2. The van der Waals surface area contributed by atoms with Crippen molar-refractivity contribution >= 4 is 11.9 Å². The summed E-state index contributed by atoms with van der Waals surface area (Å²) in [4.78, 5) is 31.2. The molecular formula is C26H44N4O6. The van der Waals surface area contributed by atoms with Gasteiger partial charge in [0.15, 0.2) is 6.23 Å². The normalized spacial score (nSPS) is 21.9.